The number of nitrogens with zero attached hydrogens (tertiary/aromatic N) is 3. The number of carbonyl (C=O) groups is 1. The average molecular weight is 237 g/mol. The van der Waals surface area contributed by atoms with Gasteiger partial charge in [-0.2, -0.15) is 0 Å². The van der Waals surface area contributed by atoms with Crippen molar-refractivity contribution in [1.82, 2.24) is 14.8 Å². The van der Waals surface area contributed by atoms with Crippen molar-refractivity contribution in [3.8, 4) is 0 Å². The van der Waals surface area contributed by atoms with Gasteiger partial charge in [-0.1, -0.05) is 11.3 Å². The number of aryl methyl sites for hydroxylation is 2. The Bertz CT molecular complexity index is 530. The second kappa shape index (κ2) is 3.93. The van der Waals surface area contributed by atoms with Crippen LogP contribution in [0.4, 0.5) is 10.8 Å². The minimum absolute atomic E-state index is 0.240. The molecule has 0 aliphatic rings. The summed E-state index contributed by atoms with van der Waals surface area (Å²) in [6.45, 7) is 1.83. The second-order valence-corrected chi connectivity index (χ2v) is 4.53. The molecule has 2 heterocycles. The standard InChI is InChI=1S/C9H11N5OS/c1-5-12-13-9(16-5)11-8(15)7-3-6(10)4-14(7)2/h3-4H,10H2,1-2H3,(H,11,13,15). The highest BCUT2D eigenvalue weighted by molar-refractivity contribution is 7.15. The van der Waals surface area contributed by atoms with Gasteiger partial charge in [0.05, 0.1) is 5.69 Å². The first kappa shape index (κ1) is 10.6. The Morgan fingerprint density at radius 1 is 1.56 bits per heavy atom. The molecule has 2 aromatic heterocycles. The number of hydrogen-bond donors (Lipinski definition) is 2. The van der Waals surface area contributed by atoms with E-state index in [0.717, 1.165) is 5.01 Å². The maximum absolute atomic E-state index is 11.8. The summed E-state index contributed by atoms with van der Waals surface area (Å²) < 4.78 is 1.67. The van der Waals surface area contributed by atoms with E-state index >= 15 is 0 Å². The van der Waals surface area contributed by atoms with Gasteiger partial charge in [0, 0.05) is 13.2 Å². The number of amides is 1. The fraction of sp³-hybridized carbons (Fsp3) is 0.222. The summed E-state index contributed by atoms with van der Waals surface area (Å²) in [5.41, 5.74) is 6.64. The molecule has 0 spiro atoms. The maximum atomic E-state index is 11.8. The second-order valence-electron chi connectivity index (χ2n) is 3.35. The molecular formula is C9H11N5OS. The van der Waals surface area contributed by atoms with E-state index in [1.54, 1.807) is 23.9 Å². The molecule has 1 amide bonds. The minimum atomic E-state index is -0.240. The van der Waals surface area contributed by atoms with E-state index < -0.39 is 0 Å². The first-order chi connectivity index (χ1) is 7.56. The molecule has 0 bridgehead atoms. The molecule has 2 rings (SSSR count). The first-order valence-corrected chi connectivity index (χ1v) is 5.41. The molecule has 0 aliphatic carbocycles. The molecular weight excluding hydrogens is 226 g/mol. The summed E-state index contributed by atoms with van der Waals surface area (Å²) in [4.78, 5) is 11.8. The van der Waals surface area contributed by atoms with Crippen LogP contribution in [0.3, 0.4) is 0 Å². The molecule has 0 saturated carbocycles. The number of carbonyl (C=O) groups excluding carboxylic acids is 1. The van der Waals surface area contributed by atoms with E-state index in [1.807, 2.05) is 6.92 Å². The zero-order valence-corrected chi connectivity index (χ0v) is 9.71. The van der Waals surface area contributed by atoms with Crippen molar-refractivity contribution in [1.29, 1.82) is 0 Å². The lowest BCUT2D eigenvalue weighted by atomic mass is 10.4. The normalized spacial score (nSPS) is 10.4. The Morgan fingerprint density at radius 3 is 2.81 bits per heavy atom. The van der Waals surface area contributed by atoms with E-state index in [4.69, 9.17) is 5.73 Å². The summed E-state index contributed by atoms with van der Waals surface area (Å²) >= 11 is 1.33. The zero-order valence-electron chi connectivity index (χ0n) is 8.89. The minimum Gasteiger partial charge on any atom is -0.397 e. The number of nitrogens with two attached hydrogens (primary N) is 1. The first-order valence-electron chi connectivity index (χ1n) is 4.59. The van der Waals surface area contributed by atoms with E-state index in [-0.39, 0.29) is 5.91 Å². The van der Waals surface area contributed by atoms with Crippen LogP contribution in [0.1, 0.15) is 15.5 Å². The third-order valence-corrected chi connectivity index (χ3v) is 2.76. The Kier molecular flexibility index (Phi) is 2.61. The van der Waals surface area contributed by atoms with Crippen molar-refractivity contribution in [2.45, 2.75) is 6.92 Å². The van der Waals surface area contributed by atoms with Crippen LogP contribution < -0.4 is 11.1 Å². The Hall–Kier alpha value is -1.89. The van der Waals surface area contributed by atoms with Gasteiger partial charge >= 0.3 is 0 Å². The molecule has 0 aromatic carbocycles. The van der Waals surface area contributed by atoms with Gasteiger partial charge in [-0.15, -0.1) is 10.2 Å². The lowest BCUT2D eigenvalue weighted by Crippen LogP contribution is -2.15. The van der Waals surface area contributed by atoms with Crippen LogP contribution >= 0.6 is 11.3 Å². The summed E-state index contributed by atoms with van der Waals surface area (Å²) in [5.74, 6) is -0.240. The van der Waals surface area contributed by atoms with E-state index in [1.165, 1.54) is 11.3 Å². The van der Waals surface area contributed by atoms with Crippen LogP contribution in [0, 0.1) is 6.92 Å². The van der Waals surface area contributed by atoms with E-state index in [2.05, 4.69) is 15.5 Å². The van der Waals surface area contributed by atoms with Gasteiger partial charge in [0.2, 0.25) is 5.13 Å². The average Bonchev–Trinajstić information content (AvgIpc) is 2.73. The van der Waals surface area contributed by atoms with Crippen molar-refractivity contribution < 1.29 is 4.79 Å². The van der Waals surface area contributed by atoms with Gasteiger partial charge in [0.1, 0.15) is 10.7 Å². The molecule has 0 radical (unpaired) electrons. The molecule has 0 atom stereocenters. The molecule has 6 nitrogen and oxygen atoms in total. The van der Waals surface area contributed by atoms with Crippen LogP contribution in [0.15, 0.2) is 12.3 Å². The lowest BCUT2D eigenvalue weighted by molar-refractivity contribution is 0.101. The fourth-order valence-corrected chi connectivity index (χ4v) is 1.91. The Balaban J connectivity index is 2.17. The van der Waals surface area contributed by atoms with Crippen LogP contribution in [0.2, 0.25) is 0 Å². The summed E-state index contributed by atoms with van der Waals surface area (Å²) in [5, 5.41) is 11.6. The number of rotatable bonds is 2. The van der Waals surface area contributed by atoms with Gasteiger partial charge < -0.3 is 10.3 Å². The number of nitrogen functional groups attached to an aromatic ring is 1. The third-order valence-electron chi connectivity index (χ3n) is 2.01. The zero-order chi connectivity index (χ0) is 11.7. The van der Waals surface area contributed by atoms with Crippen LogP contribution in [0.25, 0.3) is 0 Å². The van der Waals surface area contributed by atoms with Gasteiger partial charge in [-0.05, 0) is 13.0 Å². The number of aromatic nitrogens is 3. The molecule has 0 saturated heterocycles. The van der Waals surface area contributed by atoms with Crippen molar-refractivity contribution in [2.75, 3.05) is 11.1 Å². The molecule has 0 fully saturated rings. The third kappa shape index (κ3) is 2.03. The molecule has 0 aliphatic heterocycles. The van der Waals surface area contributed by atoms with Crippen molar-refractivity contribution >= 4 is 28.1 Å². The predicted molar refractivity (Wildman–Crippen MR) is 62.4 cm³/mol. The largest absolute Gasteiger partial charge is 0.397 e. The van der Waals surface area contributed by atoms with E-state index in [9.17, 15) is 4.79 Å². The monoisotopic (exact) mass is 237 g/mol. The fourth-order valence-electron chi connectivity index (χ4n) is 1.32. The molecule has 84 valence electrons. The van der Waals surface area contributed by atoms with Gasteiger partial charge in [0.25, 0.3) is 5.91 Å². The van der Waals surface area contributed by atoms with Crippen LogP contribution in [-0.4, -0.2) is 20.7 Å². The molecule has 2 aromatic rings. The highest BCUT2D eigenvalue weighted by Crippen LogP contribution is 2.16. The van der Waals surface area contributed by atoms with Gasteiger partial charge in [-0.3, -0.25) is 10.1 Å². The van der Waals surface area contributed by atoms with E-state index in [0.29, 0.717) is 16.5 Å². The van der Waals surface area contributed by atoms with Crippen molar-refractivity contribution in [3.63, 3.8) is 0 Å². The molecule has 7 heteroatoms. The maximum Gasteiger partial charge on any atom is 0.274 e. The molecule has 3 N–H and O–H groups in total. The Labute approximate surface area is 96.1 Å². The molecule has 0 unspecified atom stereocenters. The number of nitrogens with one attached hydrogen (secondary N) is 1. The summed E-state index contributed by atoms with van der Waals surface area (Å²) in [6, 6.07) is 1.61. The van der Waals surface area contributed by atoms with Gasteiger partial charge in [-0.25, -0.2) is 0 Å². The van der Waals surface area contributed by atoms with Gasteiger partial charge in [0.15, 0.2) is 0 Å². The summed E-state index contributed by atoms with van der Waals surface area (Å²) in [7, 11) is 1.76. The van der Waals surface area contributed by atoms with Crippen molar-refractivity contribution in [3.05, 3.63) is 23.0 Å². The number of hydrogen-bond acceptors (Lipinski definition) is 5. The predicted octanol–water partition coefficient (Wildman–Crippen LogP) is 1.02. The highest BCUT2D eigenvalue weighted by Gasteiger charge is 2.12. The molecule has 16 heavy (non-hydrogen) atoms. The highest BCUT2D eigenvalue weighted by atomic mass is 32.1. The van der Waals surface area contributed by atoms with Crippen LogP contribution in [-0.2, 0) is 7.05 Å². The SMILES string of the molecule is Cc1nnc(NC(=O)c2cc(N)cn2C)s1. The smallest absolute Gasteiger partial charge is 0.274 e. The number of anilines is 2. The Morgan fingerprint density at radius 2 is 2.31 bits per heavy atom. The summed E-state index contributed by atoms with van der Waals surface area (Å²) in [6.07, 6.45) is 1.68. The quantitative estimate of drug-likeness (QED) is 0.816. The van der Waals surface area contributed by atoms with Crippen LogP contribution in [0.5, 0.6) is 0 Å². The topological polar surface area (TPSA) is 85.8 Å². The lowest BCUT2D eigenvalue weighted by Gasteiger charge is -2.01. The van der Waals surface area contributed by atoms with Crippen molar-refractivity contribution in [2.24, 2.45) is 7.05 Å².